The Hall–Kier alpha value is -2.30. The molecule has 0 bridgehead atoms. The third kappa shape index (κ3) is 3.38. The van der Waals surface area contributed by atoms with E-state index in [1.165, 1.54) is 25.3 Å². The Bertz CT molecular complexity index is 636. The van der Waals surface area contributed by atoms with Crippen molar-refractivity contribution in [3.05, 3.63) is 27.7 Å². The van der Waals surface area contributed by atoms with Crippen molar-refractivity contribution in [3.8, 4) is 11.8 Å². The summed E-state index contributed by atoms with van der Waals surface area (Å²) in [4.78, 5) is 26.6. The summed E-state index contributed by atoms with van der Waals surface area (Å²) in [6.07, 6.45) is 0. The first-order valence-electron chi connectivity index (χ1n) is 4.87. The molecule has 0 aliphatic heterocycles. The molecule has 0 saturated carbocycles. The van der Waals surface area contributed by atoms with Crippen LogP contribution >= 0.6 is 23.2 Å². The predicted octanol–water partition coefficient (Wildman–Crippen LogP) is 2.12. The summed E-state index contributed by atoms with van der Waals surface area (Å²) in [6.45, 7) is 0. The molecule has 104 valence electrons. The Morgan fingerprint density at radius 2 is 1.95 bits per heavy atom. The molecule has 0 saturated heterocycles. The van der Waals surface area contributed by atoms with Gasteiger partial charge in [-0.15, -0.1) is 0 Å². The largest absolute Gasteiger partial charge is 0.494 e. The summed E-state index contributed by atoms with van der Waals surface area (Å²) < 4.78 is 4.91. The van der Waals surface area contributed by atoms with E-state index in [4.69, 9.17) is 38.3 Å². The van der Waals surface area contributed by atoms with Gasteiger partial charge in [-0.1, -0.05) is 28.4 Å². The number of carboxylic acids is 1. The van der Waals surface area contributed by atoms with Gasteiger partial charge in [-0.3, -0.25) is 0 Å². The summed E-state index contributed by atoms with van der Waals surface area (Å²) in [5.41, 5.74) is -1.22. The molecule has 0 aliphatic rings. The van der Waals surface area contributed by atoms with E-state index in [0.717, 1.165) is 0 Å². The fourth-order valence-electron chi connectivity index (χ4n) is 1.16. The van der Waals surface area contributed by atoms with Gasteiger partial charge < -0.3 is 14.7 Å². The quantitative estimate of drug-likeness (QED) is 0.517. The highest BCUT2D eigenvalue weighted by Gasteiger charge is 2.22. The molecule has 0 heterocycles. The lowest BCUT2D eigenvalue weighted by atomic mass is 10.2. The van der Waals surface area contributed by atoms with Gasteiger partial charge in [0.15, 0.2) is 5.75 Å². The highest BCUT2D eigenvalue weighted by atomic mass is 35.5. The Kier molecular flexibility index (Phi) is 5.32. The van der Waals surface area contributed by atoms with Crippen molar-refractivity contribution in [2.75, 3.05) is 7.11 Å². The maximum Gasteiger partial charge on any atom is 0.371 e. The maximum atomic E-state index is 11.8. The van der Waals surface area contributed by atoms with Crippen molar-refractivity contribution in [1.82, 2.24) is 0 Å². The lowest BCUT2D eigenvalue weighted by molar-refractivity contribution is -0.129. The molecule has 1 aromatic carbocycles. The Balaban J connectivity index is 3.14. The summed E-state index contributed by atoms with van der Waals surface area (Å²) >= 11 is 11.6. The highest BCUT2D eigenvalue weighted by molar-refractivity contribution is 6.42. The van der Waals surface area contributed by atoms with Gasteiger partial charge in [-0.05, 0) is 12.1 Å². The number of benzene rings is 1. The van der Waals surface area contributed by atoms with Gasteiger partial charge in [-0.25, -0.2) is 9.59 Å². The number of nitrogens with zero attached hydrogens (tertiary/aromatic N) is 2. The van der Waals surface area contributed by atoms with Gasteiger partial charge in [0.05, 0.1) is 17.2 Å². The molecule has 1 N–H and O–H groups in total. The molecule has 0 aromatic heterocycles. The molecule has 1 rings (SSSR count). The zero-order chi connectivity index (χ0) is 15.3. The van der Waals surface area contributed by atoms with E-state index >= 15 is 0 Å². The van der Waals surface area contributed by atoms with Crippen molar-refractivity contribution >= 4 is 40.9 Å². The lowest BCUT2D eigenvalue weighted by Crippen LogP contribution is -2.13. The van der Waals surface area contributed by atoms with Crippen LogP contribution < -0.4 is 4.74 Å². The van der Waals surface area contributed by atoms with Crippen LogP contribution in [0.5, 0.6) is 5.75 Å². The third-order valence-electron chi connectivity index (χ3n) is 2.00. The van der Waals surface area contributed by atoms with Crippen LogP contribution in [0.15, 0.2) is 17.3 Å². The lowest BCUT2D eigenvalue weighted by Gasteiger charge is -2.09. The van der Waals surface area contributed by atoms with Crippen molar-refractivity contribution in [3.63, 3.8) is 0 Å². The van der Waals surface area contributed by atoms with Gasteiger partial charge >= 0.3 is 11.9 Å². The van der Waals surface area contributed by atoms with E-state index in [-0.39, 0.29) is 21.4 Å². The normalized spacial score (nSPS) is 10.6. The minimum atomic E-state index is -1.63. The highest BCUT2D eigenvalue weighted by Crippen LogP contribution is 2.34. The molecule has 1 aromatic rings. The van der Waals surface area contributed by atoms with Gasteiger partial charge in [-0.2, -0.15) is 5.26 Å². The second kappa shape index (κ2) is 6.75. The standard InChI is InChI=1S/C11H6Cl2N2O5/c1-19-9-6(13)3-2-5(12)8(9)11(18)20-15-7(4-14)10(16)17/h2-3H,1H3,(H,16,17). The van der Waals surface area contributed by atoms with Crippen LogP contribution in [0.1, 0.15) is 10.4 Å². The molecule has 0 spiro atoms. The molecular formula is C11H6Cl2N2O5. The Labute approximate surface area is 122 Å². The molecule has 7 nitrogen and oxygen atoms in total. The average Bonchev–Trinajstić information content (AvgIpc) is 2.40. The molecule has 0 amide bonds. The number of rotatable bonds is 4. The van der Waals surface area contributed by atoms with Crippen molar-refractivity contribution in [1.29, 1.82) is 5.26 Å². The molecular weight excluding hydrogens is 311 g/mol. The number of methoxy groups -OCH3 is 1. The Morgan fingerprint density at radius 1 is 1.35 bits per heavy atom. The SMILES string of the molecule is COc1c(Cl)ccc(Cl)c1C(=O)ON=C(C#N)C(=O)O. The predicted molar refractivity (Wildman–Crippen MR) is 69.1 cm³/mol. The van der Waals surface area contributed by atoms with Crippen LogP contribution in [0.3, 0.4) is 0 Å². The summed E-state index contributed by atoms with van der Waals surface area (Å²) in [7, 11) is 1.26. The van der Waals surface area contributed by atoms with E-state index in [9.17, 15) is 9.59 Å². The van der Waals surface area contributed by atoms with Crippen molar-refractivity contribution in [2.45, 2.75) is 0 Å². The van der Waals surface area contributed by atoms with Gasteiger partial charge in [0, 0.05) is 0 Å². The van der Waals surface area contributed by atoms with Crippen molar-refractivity contribution in [2.24, 2.45) is 5.16 Å². The zero-order valence-electron chi connectivity index (χ0n) is 9.89. The van der Waals surface area contributed by atoms with Crippen LogP contribution in [0.2, 0.25) is 10.0 Å². The second-order valence-corrected chi connectivity index (χ2v) is 3.99. The molecule has 9 heteroatoms. The molecule has 0 atom stereocenters. The number of oxime groups is 1. The first-order chi connectivity index (χ1) is 9.42. The molecule has 0 unspecified atom stereocenters. The average molecular weight is 317 g/mol. The van der Waals surface area contributed by atoms with E-state index in [2.05, 4.69) is 9.99 Å². The van der Waals surface area contributed by atoms with Crippen LogP contribution in [-0.4, -0.2) is 29.9 Å². The summed E-state index contributed by atoms with van der Waals surface area (Å²) in [6, 6.07) is 3.98. The number of carbonyl (C=O) groups excluding carboxylic acids is 1. The second-order valence-electron chi connectivity index (χ2n) is 3.17. The third-order valence-corrected chi connectivity index (χ3v) is 2.61. The van der Waals surface area contributed by atoms with Gasteiger partial charge in [0.25, 0.3) is 5.71 Å². The number of aliphatic carboxylic acids is 1. The smallest absolute Gasteiger partial charge is 0.371 e. The fourth-order valence-corrected chi connectivity index (χ4v) is 1.62. The van der Waals surface area contributed by atoms with E-state index in [1.54, 1.807) is 0 Å². The minimum absolute atomic E-state index is 0.0275. The number of hydrogen-bond donors (Lipinski definition) is 1. The monoisotopic (exact) mass is 316 g/mol. The fraction of sp³-hybridized carbons (Fsp3) is 0.0909. The summed E-state index contributed by atoms with van der Waals surface area (Å²) in [5, 5.41) is 20.0. The van der Waals surface area contributed by atoms with Gasteiger partial charge in [0.2, 0.25) is 0 Å². The number of carbonyl (C=O) groups is 2. The molecule has 0 aliphatic carbocycles. The number of hydrogen-bond acceptors (Lipinski definition) is 6. The Morgan fingerprint density at radius 3 is 2.45 bits per heavy atom. The van der Waals surface area contributed by atoms with E-state index < -0.39 is 17.7 Å². The van der Waals surface area contributed by atoms with E-state index in [1.807, 2.05) is 0 Å². The molecule has 20 heavy (non-hydrogen) atoms. The molecule has 0 fully saturated rings. The van der Waals surface area contributed by atoms with Crippen LogP contribution in [-0.2, 0) is 9.63 Å². The number of halogens is 2. The first-order valence-corrected chi connectivity index (χ1v) is 5.62. The number of carboxylic acid groups (broad SMARTS) is 1. The first kappa shape index (κ1) is 15.8. The topological polar surface area (TPSA) is 109 Å². The number of nitriles is 1. The number of ether oxygens (including phenoxy) is 1. The van der Waals surface area contributed by atoms with Gasteiger partial charge in [0.1, 0.15) is 11.6 Å². The van der Waals surface area contributed by atoms with Crippen LogP contribution in [0, 0.1) is 11.3 Å². The van der Waals surface area contributed by atoms with Crippen LogP contribution in [0.25, 0.3) is 0 Å². The van der Waals surface area contributed by atoms with Crippen LogP contribution in [0.4, 0.5) is 0 Å². The maximum absolute atomic E-state index is 11.8. The van der Waals surface area contributed by atoms with E-state index in [0.29, 0.717) is 0 Å². The van der Waals surface area contributed by atoms with Crippen molar-refractivity contribution < 1.29 is 24.3 Å². The molecule has 0 radical (unpaired) electrons. The zero-order valence-corrected chi connectivity index (χ0v) is 11.4. The minimum Gasteiger partial charge on any atom is -0.494 e. The summed E-state index contributed by atoms with van der Waals surface area (Å²) in [5.74, 6) is -2.79.